The summed E-state index contributed by atoms with van der Waals surface area (Å²) in [6.07, 6.45) is 4.64. The smallest absolute Gasteiger partial charge is 0.122 e. The number of hydrogen-bond donors (Lipinski definition) is 1. The predicted octanol–water partition coefficient (Wildman–Crippen LogP) is 3.99. The molecule has 1 aromatic carbocycles. The molecule has 1 unspecified atom stereocenters. The fraction of sp³-hybridized carbons (Fsp3) is 0.412. The van der Waals surface area contributed by atoms with Crippen LogP contribution in [0.5, 0.6) is 5.75 Å². The van der Waals surface area contributed by atoms with Crippen LogP contribution in [0.25, 0.3) is 0 Å². The van der Waals surface area contributed by atoms with Crippen molar-refractivity contribution >= 4 is 0 Å². The van der Waals surface area contributed by atoms with Crippen LogP contribution < -0.4 is 10.1 Å². The molecule has 0 aliphatic carbocycles. The summed E-state index contributed by atoms with van der Waals surface area (Å²) in [6.45, 7) is 7.35. The van der Waals surface area contributed by atoms with Gasteiger partial charge in [-0.05, 0) is 55.6 Å². The third-order valence-corrected chi connectivity index (χ3v) is 3.57. The first-order chi connectivity index (χ1) is 9.67. The van der Waals surface area contributed by atoms with Crippen LogP contribution in [-0.2, 0) is 0 Å². The van der Waals surface area contributed by atoms with Gasteiger partial charge in [-0.1, -0.05) is 13.0 Å². The highest BCUT2D eigenvalue weighted by Crippen LogP contribution is 2.30. The molecule has 20 heavy (non-hydrogen) atoms. The van der Waals surface area contributed by atoms with E-state index in [0.29, 0.717) is 0 Å². The molecule has 108 valence electrons. The number of nitrogens with one attached hydrogen (secondary N) is 1. The van der Waals surface area contributed by atoms with Crippen LogP contribution in [0.4, 0.5) is 0 Å². The van der Waals surface area contributed by atoms with Crippen LogP contribution in [0.2, 0.25) is 0 Å². The van der Waals surface area contributed by atoms with E-state index in [1.165, 1.54) is 11.1 Å². The fourth-order valence-electron chi connectivity index (χ4n) is 2.48. The lowest BCUT2D eigenvalue weighted by molar-refractivity contribution is 0.411. The molecular formula is C17H23NO2. The largest absolute Gasteiger partial charge is 0.496 e. The first kappa shape index (κ1) is 14.7. The fourth-order valence-corrected chi connectivity index (χ4v) is 2.48. The number of furan rings is 1. The average Bonchev–Trinajstić information content (AvgIpc) is 2.96. The zero-order valence-electron chi connectivity index (χ0n) is 12.7. The number of hydrogen-bond acceptors (Lipinski definition) is 3. The van der Waals surface area contributed by atoms with Crippen molar-refractivity contribution in [3.05, 3.63) is 53.0 Å². The van der Waals surface area contributed by atoms with Gasteiger partial charge in [0.25, 0.3) is 0 Å². The Kier molecular flexibility index (Phi) is 4.85. The second-order valence-corrected chi connectivity index (χ2v) is 5.12. The summed E-state index contributed by atoms with van der Waals surface area (Å²) < 4.78 is 10.6. The van der Waals surface area contributed by atoms with E-state index in [0.717, 1.165) is 29.8 Å². The summed E-state index contributed by atoms with van der Waals surface area (Å²) in [5, 5.41) is 3.59. The third kappa shape index (κ3) is 3.05. The maximum absolute atomic E-state index is 5.39. The molecule has 1 N–H and O–H groups in total. The Morgan fingerprint density at radius 3 is 2.65 bits per heavy atom. The monoisotopic (exact) mass is 273 g/mol. The molecule has 1 aromatic heterocycles. The van der Waals surface area contributed by atoms with Gasteiger partial charge in [-0.2, -0.15) is 0 Å². The van der Waals surface area contributed by atoms with E-state index in [4.69, 9.17) is 9.15 Å². The number of benzene rings is 1. The van der Waals surface area contributed by atoms with Crippen molar-refractivity contribution in [1.29, 1.82) is 0 Å². The molecule has 1 atom stereocenters. The van der Waals surface area contributed by atoms with E-state index in [1.807, 2.05) is 12.3 Å². The number of methoxy groups -OCH3 is 1. The normalized spacial score (nSPS) is 12.4. The molecular weight excluding hydrogens is 250 g/mol. The molecule has 3 heteroatoms. The van der Waals surface area contributed by atoms with E-state index < -0.39 is 0 Å². The van der Waals surface area contributed by atoms with Gasteiger partial charge >= 0.3 is 0 Å². The Labute approximate surface area is 121 Å². The first-order valence-corrected chi connectivity index (χ1v) is 7.08. The van der Waals surface area contributed by atoms with Gasteiger partial charge in [-0.3, -0.25) is 0 Å². The van der Waals surface area contributed by atoms with E-state index in [1.54, 1.807) is 13.4 Å². The van der Waals surface area contributed by atoms with Gasteiger partial charge in [-0.25, -0.2) is 0 Å². The number of aryl methyl sites for hydroxylation is 2. The first-order valence-electron chi connectivity index (χ1n) is 7.08. The zero-order chi connectivity index (χ0) is 14.5. The summed E-state index contributed by atoms with van der Waals surface area (Å²) in [4.78, 5) is 0. The Bertz CT molecular complexity index is 546. The molecule has 0 saturated heterocycles. The second kappa shape index (κ2) is 6.62. The highest BCUT2D eigenvalue weighted by molar-refractivity contribution is 5.45. The Morgan fingerprint density at radius 2 is 2.05 bits per heavy atom. The molecule has 0 spiro atoms. The highest BCUT2D eigenvalue weighted by Gasteiger charge is 2.18. The van der Waals surface area contributed by atoms with Gasteiger partial charge in [0.05, 0.1) is 25.7 Å². The van der Waals surface area contributed by atoms with Crippen LogP contribution >= 0.6 is 0 Å². The molecule has 0 amide bonds. The van der Waals surface area contributed by atoms with Crippen molar-refractivity contribution in [2.75, 3.05) is 13.7 Å². The molecule has 3 nitrogen and oxygen atoms in total. The van der Waals surface area contributed by atoms with E-state index >= 15 is 0 Å². The molecule has 2 aromatic rings. The minimum atomic E-state index is 0.165. The van der Waals surface area contributed by atoms with Crippen LogP contribution in [-0.4, -0.2) is 13.7 Å². The predicted molar refractivity (Wildman–Crippen MR) is 81.3 cm³/mol. The van der Waals surface area contributed by atoms with Crippen LogP contribution in [0.15, 0.2) is 35.1 Å². The van der Waals surface area contributed by atoms with Crippen LogP contribution in [0.1, 0.15) is 41.6 Å². The lowest BCUT2D eigenvalue weighted by Gasteiger charge is -2.21. The van der Waals surface area contributed by atoms with Crippen molar-refractivity contribution < 1.29 is 9.15 Å². The van der Waals surface area contributed by atoms with Gasteiger partial charge in [-0.15, -0.1) is 0 Å². The minimum absolute atomic E-state index is 0.165. The third-order valence-electron chi connectivity index (χ3n) is 3.57. The topological polar surface area (TPSA) is 34.4 Å². The number of ether oxygens (including phenoxy) is 1. The van der Waals surface area contributed by atoms with E-state index in [9.17, 15) is 0 Å². The van der Waals surface area contributed by atoms with Crippen molar-refractivity contribution in [2.24, 2.45) is 0 Å². The lowest BCUT2D eigenvalue weighted by Crippen LogP contribution is -2.23. The van der Waals surface area contributed by atoms with Gasteiger partial charge < -0.3 is 14.5 Å². The van der Waals surface area contributed by atoms with Gasteiger partial charge in [0, 0.05) is 5.56 Å². The van der Waals surface area contributed by atoms with E-state index in [2.05, 4.69) is 38.2 Å². The standard InChI is InChI=1S/C17H23NO2/c1-5-7-18-17(14-6-8-20-11-14)15-9-13(3)16(19-4)10-12(15)2/h6,8-11,17-18H,5,7H2,1-4H3. The molecule has 2 rings (SSSR count). The Morgan fingerprint density at radius 1 is 1.25 bits per heavy atom. The molecule has 0 bridgehead atoms. The van der Waals surface area contributed by atoms with Crippen LogP contribution in [0.3, 0.4) is 0 Å². The maximum atomic E-state index is 5.39. The highest BCUT2D eigenvalue weighted by atomic mass is 16.5. The van der Waals surface area contributed by atoms with Gasteiger partial charge in [0.15, 0.2) is 0 Å². The molecule has 1 heterocycles. The van der Waals surface area contributed by atoms with Gasteiger partial charge in [0.1, 0.15) is 5.75 Å². The Hall–Kier alpha value is -1.74. The molecule has 0 aliphatic rings. The summed E-state index contributed by atoms with van der Waals surface area (Å²) in [7, 11) is 1.71. The summed E-state index contributed by atoms with van der Waals surface area (Å²) in [5.74, 6) is 0.938. The van der Waals surface area contributed by atoms with Gasteiger partial charge in [0.2, 0.25) is 0 Å². The van der Waals surface area contributed by atoms with Crippen molar-refractivity contribution in [2.45, 2.75) is 33.2 Å². The molecule has 0 saturated carbocycles. The average molecular weight is 273 g/mol. The van der Waals surface area contributed by atoms with Crippen molar-refractivity contribution in [3.8, 4) is 5.75 Å². The SMILES string of the molecule is CCCNC(c1ccoc1)c1cc(C)c(OC)cc1C. The zero-order valence-corrected chi connectivity index (χ0v) is 12.7. The quantitative estimate of drug-likeness (QED) is 0.864. The summed E-state index contributed by atoms with van der Waals surface area (Å²) >= 11 is 0. The van der Waals surface area contributed by atoms with Crippen LogP contribution in [0, 0.1) is 13.8 Å². The number of rotatable bonds is 6. The molecule has 0 radical (unpaired) electrons. The van der Waals surface area contributed by atoms with Crippen molar-refractivity contribution in [1.82, 2.24) is 5.32 Å². The van der Waals surface area contributed by atoms with E-state index in [-0.39, 0.29) is 6.04 Å². The Balaban J connectivity index is 2.40. The second-order valence-electron chi connectivity index (χ2n) is 5.12. The molecule has 0 fully saturated rings. The molecule has 0 aliphatic heterocycles. The van der Waals surface area contributed by atoms with Crippen molar-refractivity contribution in [3.63, 3.8) is 0 Å². The summed E-state index contributed by atoms with van der Waals surface area (Å²) in [5.41, 5.74) is 4.81. The lowest BCUT2D eigenvalue weighted by atomic mass is 9.94. The maximum Gasteiger partial charge on any atom is 0.122 e. The summed E-state index contributed by atoms with van der Waals surface area (Å²) in [6, 6.07) is 6.49. The minimum Gasteiger partial charge on any atom is -0.496 e.